The van der Waals surface area contributed by atoms with Crippen molar-refractivity contribution in [2.45, 2.75) is 44.8 Å². The molecule has 0 aromatic heterocycles. The minimum Gasteiger partial charge on any atom is -0.490 e. The van der Waals surface area contributed by atoms with E-state index in [0.29, 0.717) is 12.1 Å². The third kappa shape index (κ3) is 4.51. The van der Waals surface area contributed by atoms with Crippen LogP contribution in [-0.2, 0) is 4.74 Å². The monoisotopic (exact) mass is 263 g/mol. The lowest BCUT2D eigenvalue weighted by molar-refractivity contribution is 0.196. The molecular weight excluding hydrogens is 238 g/mol. The van der Waals surface area contributed by atoms with Crippen LogP contribution >= 0.6 is 0 Å². The van der Waals surface area contributed by atoms with Gasteiger partial charge >= 0.3 is 0 Å². The van der Waals surface area contributed by atoms with Gasteiger partial charge in [0.25, 0.3) is 0 Å². The minimum absolute atomic E-state index is 0.322. The van der Waals surface area contributed by atoms with Gasteiger partial charge in [0.15, 0.2) is 0 Å². The summed E-state index contributed by atoms with van der Waals surface area (Å²) in [6.07, 6.45) is 5.43. The molecule has 1 aromatic rings. The number of benzene rings is 1. The summed E-state index contributed by atoms with van der Waals surface area (Å²) in [5.74, 6) is 1.00. The molecule has 1 atom stereocenters. The van der Waals surface area contributed by atoms with Crippen LogP contribution in [0.1, 0.15) is 44.2 Å². The van der Waals surface area contributed by atoms with Gasteiger partial charge in [0, 0.05) is 19.7 Å². The second kappa shape index (κ2) is 7.51. The van der Waals surface area contributed by atoms with Crippen molar-refractivity contribution in [2.75, 3.05) is 20.3 Å². The second-order valence-corrected chi connectivity index (χ2v) is 5.27. The average Bonchev–Trinajstić information content (AvgIpc) is 2.92. The topological polar surface area (TPSA) is 30.5 Å². The van der Waals surface area contributed by atoms with Gasteiger partial charge in [0.2, 0.25) is 0 Å². The first-order valence-corrected chi connectivity index (χ1v) is 7.28. The number of nitrogens with one attached hydrogen (secondary N) is 1. The van der Waals surface area contributed by atoms with E-state index < -0.39 is 0 Å². The van der Waals surface area contributed by atoms with E-state index in [-0.39, 0.29) is 0 Å². The van der Waals surface area contributed by atoms with Crippen molar-refractivity contribution in [3.8, 4) is 5.75 Å². The van der Waals surface area contributed by atoms with Gasteiger partial charge in [-0.1, -0.05) is 12.1 Å². The van der Waals surface area contributed by atoms with E-state index in [0.717, 1.165) is 18.9 Å². The largest absolute Gasteiger partial charge is 0.490 e. The lowest BCUT2D eigenvalue weighted by Crippen LogP contribution is -2.22. The summed E-state index contributed by atoms with van der Waals surface area (Å²) in [4.78, 5) is 0. The van der Waals surface area contributed by atoms with Gasteiger partial charge in [0.1, 0.15) is 5.75 Å². The molecule has 0 saturated heterocycles. The van der Waals surface area contributed by atoms with Gasteiger partial charge < -0.3 is 14.8 Å². The number of methoxy groups -OCH3 is 1. The van der Waals surface area contributed by atoms with E-state index in [1.54, 1.807) is 7.11 Å². The molecule has 0 radical (unpaired) electrons. The van der Waals surface area contributed by atoms with Gasteiger partial charge in [-0.15, -0.1) is 0 Å². The molecule has 1 unspecified atom stereocenters. The van der Waals surface area contributed by atoms with Crippen molar-refractivity contribution < 1.29 is 9.47 Å². The average molecular weight is 263 g/mol. The highest BCUT2D eigenvalue weighted by Crippen LogP contribution is 2.25. The smallest absolute Gasteiger partial charge is 0.120 e. The fourth-order valence-electron chi connectivity index (χ4n) is 2.55. The van der Waals surface area contributed by atoms with Crippen LogP contribution < -0.4 is 10.1 Å². The van der Waals surface area contributed by atoms with Crippen molar-refractivity contribution in [2.24, 2.45) is 0 Å². The number of ether oxygens (including phenoxy) is 2. The van der Waals surface area contributed by atoms with Crippen molar-refractivity contribution >= 4 is 0 Å². The van der Waals surface area contributed by atoms with Gasteiger partial charge in [-0.05, 0) is 50.3 Å². The second-order valence-electron chi connectivity index (χ2n) is 5.27. The molecule has 1 aliphatic carbocycles. The summed E-state index contributed by atoms with van der Waals surface area (Å²) >= 11 is 0. The normalized spacial score (nSPS) is 17.6. The van der Waals surface area contributed by atoms with Crippen LogP contribution in [0.2, 0.25) is 0 Å². The van der Waals surface area contributed by atoms with E-state index >= 15 is 0 Å². The standard InChI is InChI=1S/C16H25NO2/c1-13(17-10-11-18-2)14-6-5-9-16(12-14)19-15-7-3-4-8-15/h5-6,9,12-13,15,17H,3-4,7-8,10-11H2,1-2H3. The number of rotatable bonds is 7. The van der Waals surface area contributed by atoms with Crippen LogP contribution in [0.25, 0.3) is 0 Å². The molecule has 1 N–H and O–H groups in total. The van der Waals surface area contributed by atoms with E-state index in [2.05, 4.69) is 36.5 Å². The van der Waals surface area contributed by atoms with E-state index in [4.69, 9.17) is 9.47 Å². The first-order valence-electron chi connectivity index (χ1n) is 7.28. The first-order chi connectivity index (χ1) is 9.29. The summed E-state index contributed by atoms with van der Waals surface area (Å²) in [5.41, 5.74) is 1.27. The summed E-state index contributed by atoms with van der Waals surface area (Å²) in [6.45, 7) is 3.78. The maximum atomic E-state index is 6.04. The Morgan fingerprint density at radius 1 is 1.32 bits per heavy atom. The Kier molecular flexibility index (Phi) is 5.67. The maximum Gasteiger partial charge on any atom is 0.120 e. The molecule has 3 nitrogen and oxygen atoms in total. The maximum absolute atomic E-state index is 6.04. The van der Waals surface area contributed by atoms with Crippen LogP contribution in [-0.4, -0.2) is 26.4 Å². The fraction of sp³-hybridized carbons (Fsp3) is 0.625. The third-order valence-electron chi connectivity index (χ3n) is 3.72. The molecule has 1 fully saturated rings. The first kappa shape index (κ1) is 14.4. The van der Waals surface area contributed by atoms with Gasteiger partial charge in [-0.25, -0.2) is 0 Å². The van der Waals surface area contributed by atoms with Gasteiger partial charge in [0.05, 0.1) is 12.7 Å². The lowest BCUT2D eigenvalue weighted by atomic mass is 10.1. The fourth-order valence-corrected chi connectivity index (χ4v) is 2.55. The zero-order valence-corrected chi connectivity index (χ0v) is 12.0. The summed E-state index contributed by atoms with van der Waals surface area (Å²) in [7, 11) is 1.72. The third-order valence-corrected chi connectivity index (χ3v) is 3.72. The number of hydrogen-bond donors (Lipinski definition) is 1. The van der Waals surface area contributed by atoms with Crippen LogP contribution in [0.15, 0.2) is 24.3 Å². The summed E-state index contributed by atoms with van der Waals surface area (Å²) < 4.78 is 11.1. The molecule has 106 valence electrons. The Morgan fingerprint density at radius 3 is 2.84 bits per heavy atom. The molecule has 1 aromatic carbocycles. The van der Waals surface area contributed by atoms with Crippen molar-refractivity contribution in [1.29, 1.82) is 0 Å². The van der Waals surface area contributed by atoms with Crippen LogP contribution in [0.3, 0.4) is 0 Å². The molecule has 0 aliphatic heterocycles. The van der Waals surface area contributed by atoms with Crippen molar-refractivity contribution in [3.05, 3.63) is 29.8 Å². The Bertz CT molecular complexity index is 375. The van der Waals surface area contributed by atoms with Gasteiger partial charge in [-0.3, -0.25) is 0 Å². The Hall–Kier alpha value is -1.06. The molecule has 0 spiro atoms. The highest BCUT2D eigenvalue weighted by Gasteiger charge is 2.16. The van der Waals surface area contributed by atoms with Crippen molar-refractivity contribution in [1.82, 2.24) is 5.32 Å². The minimum atomic E-state index is 0.322. The molecule has 1 saturated carbocycles. The molecule has 19 heavy (non-hydrogen) atoms. The van der Waals surface area contributed by atoms with Crippen LogP contribution in [0, 0.1) is 0 Å². The van der Waals surface area contributed by atoms with Crippen LogP contribution in [0.4, 0.5) is 0 Å². The van der Waals surface area contributed by atoms with E-state index in [1.165, 1.54) is 31.2 Å². The summed E-state index contributed by atoms with van der Waals surface area (Å²) in [5, 5.41) is 3.44. The predicted octanol–water partition coefficient (Wildman–Crippen LogP) is 3.31. The van der Waals surface area contributed by atoms with E-state index in [1.807, 2.05) is 0 Å². The summed E-state index contributed by atoms with van der Waals surface area (Å²) in [6, 6.07) is 8.76. The van der Waals surface area contributed by atoms with Gasteiger partial charge in [-0.2, -0.15) is 0 Å². The van der Waals surface area contributed by atoms with E-state index in [9.17, 15) is 0 Å². The molecular formula is C16H25NO2. The molecule has 0 bridgehead atoms. The zero-order chi connectivity index (χ0) is 13.5. The SMILES string of the molecule is COCCNC(C)c1cccc(OC2CCCC2)c1. The molecule has 1 aliphatic rings. The highest BCUT2D eigenvalue weighted by molar-refractivity contribution is 5.30. The van der Waals surface area contributed by atoms with Crippen LogP contribution in [0.5, 0.6) is 5.75 Å². The predicted molar refractivity (Wildman–Crippen MR) is 77.6 cm³/mol. The van der Waals surface area contributed by atoms with Crippen molar-refractivity contribution in [3.63, 3.8) is 0 Å². The molecule has 3 heteroatoms. The lowest BCUT2D eigenvalue weighted by Gasteiger charge is -2.17. The molecule has 0 amide bonds. The Balaban J connectivity index is 1.89. The number of hydrogen-bond acceptors (Lipinski definition) is 3. The Morgan fingerprint density at radius 2 is 2.11 bits per heavy atom. The molecule has 0 heterocycles. The highest BCUT2D eigenvalue weighted by atomic mass is 16.5. The quantitative estimate of drug-likeness (QED) is 0.766. The Labute approximate surface area is 116 Å². The zero-order valence-electron chi connectivity index (χ0n) is 12.0. The molecule has 2 rings (SSSR count).